The molecular formula is C16H14O4. The van der Waals surface area contributed by atoms with E-state index >= 15 is 0 Å². The van der Waals surface area contributed by atoms with Crippen molar-refractivity contribution in [2.24, 2.45) is 0 Å². The van der Waals surface area contributed by atoms with Crippen LogP contribution in [0.3, 0.4) is 0 Å². The Hall–Kier alpha value is -2.62. The molecule has 0 aliphatic heterocycles. The fourth-order valence-corrected chi connectivity index (χ4v) is 1.64. The Bertz CT molecular complexity index is 588. The molecule has 0 heterocycles. The molecule has 4 heteroatoms. The van der Waals surface area contributed by atoms with Crippen molar-refractivity contribution < 1.29 is 19.1 Å². The Morgan fingerprint density at radius 2 is 1.50 bits per heavy atom. The molecule has 0 saturated carbocycles. The standard InChI is InChI=1S/C16H14O4/c1-19-16(18)11-15(17)12-7-9-14(10-8-12)20-13-5-3-2-4-6-13/h2-10H,11H2,1H3. The molecule has 0 aromatic heterocycles. The minimum absolute atomic E-state index is 0.255. The molecule has 0 fully saturated rings. The molecule has 0 aliphatic rings. The summed E-state index contributed by atoms with van der Waals surface area (Å²) in [6, 6.07) is 16.0. The minimum atomic E-state index is -0.542. The third-order valence-electron chi connectivity index (χ3n) is 2.69. The van der Waals surface area contributed by atoms with Crippen molar-refractivity contribution in [3.63, 3.8) is 0 Å². The van der Waals surface area contributed by atoms with Gasteiger partial charge in [0.05, 0.1) is 7.11 Å². The molecular weight excluding hydrogens is 256 g/mol. The van der Waals surface area contributed by atoms with E-state index in [4.69, 9.17) is 4.74 Å². The Labute approximate surface area is 116 Å². The molecule has 0 radical (unpaired) electrons. The summed E-state index contributed by atoms with van der Waals surface area (Å²) in [5, 5.41) is 0. The van der Waals surface area contributed by atoms with Crippen LogP contribution < -0.4 is 4.74 Å². The van der Waals surface area contributed by atoms with Gasteiger partial charge in [-0.05, 0) is 36.4 Å². The molecule has 4 nitrogen and oxygen atoms in total. The minimum Gasteiger partial charge on any atom is -0.469 e. The Kier molecular flexibility index (Phi) is 4.50. The van der Waals surface area contributed by atoms with Gasteiger partial charge in [0.2, 0.25) is 0 Å². The van der Waals surface area contributed by atoms with Gasteiger partial charge >= 0.3 is 5.97 Å². The molecule has 0 bridgehead atoms. The maximum absolute atomic E-state index is 11.7. The number of carbonyl (C=O) groups excluding carboxylic acids is 2. The molecule has 0 aliphatic carbocycles. The molecule has 2 aromatic carbocycles. The summed E-state index contributed by atoms with van der Waals surface area (Å²) >= 11 is 0. The van der Waals surface area contributed by atoms with Crippen molar-refractivity contribution in [2.45, 2.75) is 6.42 Å². The van der Waals surface area contributed by atoms with E-state index in [0.29, 0.717) is 11.3 Å². The van der Waals surface area contributed by atoms with E-state index in [-0.39, 0.29) is 12.2 Å². The summed E-state index contributed by atoms with van der Waals surface area (Å²) in [7, 11) is 1.26. The number of ketones is 1. The van der Waals surface area contributed by atoms with Gasteiger partial charge in [-0.25, -0.2) is 0 Å². The van der Waals surface area contributed by atoms with E-state index in [1.807, 2.05) is 30.3 Å². The lowest BCUT2D eigenvalue weighted by atomic mass is 10.1. The average molecular weight is 270 g/mol. The van der Waals surface area contributed by atoms with Gasteiger partial charge in [0.15, 0.2) is 5.78 Å². The monoisotopic (exact) mass is 270 g/mol. The van der Waals surface area contributed by atoms with Crippen LogP contribution in [0.15, 0.2) is 54.6 Å². The van der Waals surface area contributed by atoms with Crippen LogP contribution in [-0.2, 0) is 9.53 Å². The van der Waals surface area contributed by atoms with Crippen molar-refractivity contribution in [1.29, 1.82) is 0 Å². The molecule has 0 unspecified atom stereocenters. The third kappa shape index (κ3) is 3.68. The summed E-state index contributed by atoms with van der Waals surface area (Å²) in [6.07, 6.45) is -0.255. The molecule has 0 spiro atoms. The highest BCUT2D eigenvalue weighted by Gasteiger charge is 2.11. The molecule has 0 N–H and O–H groups in total. The van der Waals surface area contributed by atoms with Gasteiger partial charge in [-0.3, -0.25) is 9.59 Å². The predicted molar refractivity (Wildman–Crippen MR) is 73.9 cm³/mol. The van der Waals surface area contributed by atoms with E-state index in [2.05, 4.69) is 4.74 Å². The van der Waals surface area contributed by atoms with E-state index in [9.17, 15) is 9.59 Å². The number of ether oxygens (including phenoxy) is 2. The van der Waals surface area contributed by atoms with E-state index in [1.54, 1.807) is 24.3 Å². The lowest BCUT2D eigenvalue weighted by Gasteiger charge is -2.06. The second-order valence-electron chi connectivity index (χ2n) is 4.12. The van der Waals surface area contributed by atoms with Crippen LogP contribution in [0, 0.1) is 0 Å². The summed E-state index contributed by atoms with van der Waals surface area (Å²) in [4.78, 5) is 22.8. The fourth-order valence-electron chi connectivity index (χ4n) is 1.64. The quantitative estimate of drug-likeness (QED) is 0.475. The second kappa shape index (κ2) is 6.52. The smallest absolute Gasteiger partial charge is 0.313 e. The number of rotatable bonds is 5. The van der Waals surface area contributed by atoms with Gasteiger partial charge in [-0.1, -0.05) is 18.2 Å². The van der Waals surface area contributed by atoms with E-state index in [0.717, 1.165) is 5.75 Å². The zero-order valence-electron chi connectivity index (χ0n) is 11.0. The first kappa shape index (κ1) is 13.8. The number of carbonyl (C=O) groups is 2. The first-order valence-electron chi connectivity index (χ1n) is 6.12. The molecule has 0 amide bonds. The van der Waals surface area contributed by atoms with Crippen LogP contribution in [0.2, 0.25) is 0 Å². The van der Waals surface area contributed by atoms with Crippen LogP contribution in [0.25, 0.3) is 0 Å². The summed E-state index contributed by atoms with van der Waals surface area (Å²) in [5.41, 5.74) is 0.454. The van der Waals surface area contributed by atoms with Crippen molar-refractivity contribution in [2.75, 3.05) is 7.11 Å². The number of benzene rings is 2. The topological polar surface area (TPSA) is 52.6 Å². The predicted octanol–water partition coefficient (Wildman–Crippen LogP) is 3.22. The van der Waals surface area contributed by atoms with Crippen LogP contribution in [0.1, 0.15) is 16.8 Å². The lowest BCUT2D eigenvalue weighted by Crippen LogP contribution is -2.09. The Morgan fingerprint density at radius 3 is 2.10 bits per heavy atom. The first-order chi connectivity index (χ1) is 9.69. The highest BCUT2D eigenvalue weighted by molar-refractivity contribution is 6.05. The SMILES string of the molecule is COC(=O)CC(=O)c1ccc(Oc2ccccc2)cc1. The first-order valence-corrected chi connectivity index (χ1v) is 6.12. The van der Waals surface area contributed by atoms with Gasteiger partial charge in [0.25, 0.3) is 0 Å². The maximum atomic E-state index is 11.7. The molecule has 102 valence electrons. The van der Waals surface area contributed by atoms with Gasteiger partial charge in [-0.2, -0.15) is 0 Å². The van der Waals surface area contributed by atoms with Gasteiger partial charge in [0, 0.05) is 5.56 Å². The summed E-state index contributed by atoms with van der Waals surface area (Å²) in [5.74, 6) is 0.537. The van der Waals surface area contributed by atoms with Crippen molar-refractivity contribution >= 4 is 11.8 Å². The molecule has 0 atom stereocenters. The molecule has 0 saturated heterocycles. The van der Waals surface area contributed by atoms with Crippen molar-refractivity contribution in [3.05, 3.63) is 60.2 Å². The van der Waals surface area contributed by atoms with E-state index < -0.39 is 5.97 Å². The third-order valence-corrected chi connectivity index (χ3v) is 2.69. The lowest BCUT2D eigenvalue weighted by molar-refractivity contribution is -0.139. The number of methoxy groups -OCH3 is 1. The van der Waals surface area contributed by atoms with E-state index in [1.165, 1.54) is 7.11 Å². The molecule has 2 rings (SSSR count). The zero-order valence-corrected chi connectivity index (χ0v) is 11.0. The van der Waals surface area contributed by atoms with Crippen molar-refractivity contribution in [1.82, 2.24) is 0 Å². The molecule has 20 heavy (non-hydrogen) atoms. The highest BCUT2D eigenvalue weighted by atomic mass is 16.5. The van der Waals surface area contributed by atoms with Gasteiger partial charge in [-0.15, -0.1) is 0 Å². The van der Waals surface area contributed by atoms with Crippen LogP contribution in [0.5, 0.6) is 11.5 Å². The van der Waals surface area contributed by atoms with Crippen LogP contribution in [-0.4, -0.2) is 18.9 Å². The number of Topliss-reactive ketones (excluding diaryl/α,β-unsaturated/α-hetero) is 1. The number of para-hydroxylation sites is 1. The van der Waals surface area contributed by atoms with Gasteiger partial charge < -0.3 is 9.47 Å². The number of esters is 1. The highest BCUT2D eigenvalue weighted by Crippen LogP contribution is 2.21. The van der Waals surface area contributed by atoms with Crippen molar-refractivity contribution in [3.8, 4) is 11.5 Å². The summed E-state index contributed by atoms with van der Waals surface area (Å²) in [6.45, 7) is 0. The largest absolute Gasteiger partial charge is 0.469 e. The maximum Gasteiger partial charge on any atom is 0.313 e. The van der Waals surface area contributed by atoms with Gasteiger partial charge in [0.1, 0.15) is 17.9 Å². The second-order valence-corrected chi connectivity index (χ2v) is 4.12. The number of hydrogen-bond acceptors (Lipinski definition) is 4. The zero-order chi connectivity index (χ0) is 14.4. The fraction of sp³-hybridized carbons (Fsp3) is 0.125. The van der Waals surface area contributed by atoms with Crippen LogP contribution >= 0.6 is 0 Å². The van der Waals surface area contributed by atoms with Crippen LogP contribution in [0.4, 0.5) is 0 Å². The Balaban J connectivity index is 2.03. The number of hydrogen-bond donors (Lipinski definition) is 0. The summed E-state index contributed by atoms with van der Waals surface area (Å²) < 4.78 is 10.1. The Morgan fingerprint density at radius 1 is 0.900 bits per heavy atom. The average Bonchev–Trinajstić information content (AvgIpc) is 2.49. The molecule has 2 aromatic rings. The normalized spacial score (nSPS) is 9.85.